The molecule has 1 unspecified atom stereocenters. The molecule has 0 saturated carbocycles. The van der Waals surface area contributed by atoms with Crippen molar-refractivity contribution in [3.05, 3.63) is 29.0 Å². The summed E-state index contributed by atoms with van der Waals surface area (Å²) in [4.78, 5) is 15.3. The summed E-state index contributed by atoms with van der Waals surface area (Å²) in [5, 5.41) is 0.483. The molecule has 1 aromatic rings. The third-order valence-corrected chi connectivity index (χ3v) is 2.05. The SMILES string of the molecule is CCC(C)OC(=O)c1cc(Cl)ccn1. The Morgan fingerprint density at radius 2 is 2.43 bits per heavy atom. The van der Waals surface area contributed by atoms with Crippen LogP contribution in [-0.2, 0) is 4.74 Å². The predicted molar refractivity (Wildman–Crippen MR) is 54.4 cm³/mol. The van der Waals surface area contributed by atoms with E-state index in [0.717, 1.165) is 6.42 Å². The van der Waals surface area contributed by atoms with Gasteiger partial charge >= 0.3 is 5.97 Å². The molecule has 0 aliphatic heterocycles. The van der Waals surface area contributed by atoms with Crippen LogP contribution < -0.4 is 0 Å². The van der Waals surface area contributed by atoms with E-state index in [1.807, 2.05) is 13.8 Å². The molecule has 76 valence electrons. The van der Waals surface area contributed by atoms with Crippen LogP contribution in [0.4, 0.5) is 0 Å². The highest BCUT2D eigenvalue weighted by molar-refractivity contribution is 6.30. The Bertz CT molecular complexity index is 328. The van der Waals surface area contributed by atoms with Gasteiger partial charge in [-0.25, -0.2) is 9.78 Å². The molecule has 0 amide bonds. The van der Waals surface area contributed by atoms with Gasteiger partial charge in [0, 0.05) is 11.2 Å². The van der Waals surface area contributed by atoms with Gasteiger partial charge in [-0.1, -0.05) is 18.5 Å². The molecule has 0 N–H and O–H groups in total. The summed E-state index contributed by atoms with van der Waals surface area (Å²) < 4.78 is 5.08. The van der Waals surface area contributed by atoms with Crippen LogP contribution in [0.15, 0.2) is 18.3 Å². The molecule has 1 aromatic heterocycles. The minimum atomic E-state index is -0.429. The zero-order valence-electron chi connectivity index (χ0n) is 8.16. The standard InChI is InChI=1S/C10H12ClNO2/c1-3-7(2)14-10(13)9-6-8(11)4-5-12-9/h4-7H,3H2,1-2H3. The van der Waals surface area contributed by atoms with Gasteiger partial charge in [0.25, 0.3) is 0 Å². The molecule has 0 spiro atoms. The van der Waals surface area contributed by atoms with Crippen molar-refractivity contribution in [2.24, 2.45) is 0 Å². The van der Waals surface area contributed by atoms with Crippen molar-refractivity contribution < 1.29 is 9.53 Å². The summed E-state index contributed by atoms with van der Waals surface area (Å²) in [5.41, 5.74) is 0.248. The molecule has 14 heavy (non-hydrogen) atoms. The molecule has 0 fully saturated rings. The second kappa shape index (κ2) is 4.96. The van der Waals surface area contributed by atoms with Gasteiger partial charge in [0.1, 0.15) is 5.69 Å². The van der Waals surface area contributed by atoms with Crippen LogP contribution in [-0.4, -0.2) is 17.1 Å². The summed E-state index contributed by atoms with van der Waals surface area (Å²) in [6.45, 7) is 3.78. The van der Waals surface area contributed by atoms with Crippen molar-refractivity contribution in [3.8, 4) is 0 Å². The molecule has 1 atom stereocenters. The average molecular weight is 214 g/mol. The van der Waals surface area contributed by atoms with Crippen molar-refractivity contribution in [3.63, 3.8) is 0 Å². The van der Waals surface area contributed by atoms with Gasteiger partial charge in [0.05, 0.1) is 6.10 Å². The van der Waals surface area contributed by atoms with Crippen LogP contribution >= 0.6 is 11.6 Å². The number of nitrogens with zero attached hydrogens (tertiary/aromatic N) is 1. The Kier molecular flexibility index (Phi) is 3.89. The van der Waals surface area contributed by atoms with Crippen molar-refractivity contribution in [2.45, 2.75) is 26.4 Å². The van der Waals surface area contributed by atoms with Crippen LogP contribution in [0.5, 0.6) is 0 Å². The Morgan fingerprint density at radius 3 is 3.00 bits per heavy atom. The fourth-order valence-corrected chi connectivity index (χ4v) is 1.00. The number of rotatable bonds is 3. The maximum absolute atomic E-state index is 11.4. The fraction of sp³-hybridized carbons (Fsp3) is 0.400. The van der Waals surface area contributed by atoms with Gasteiger partial charge in [-0.3, -0.25) is 0 Å². The Balaban J connectivity index is 2.70. The van der Waals surface area contributed by atoms with E-state index in [0.29, 0.717) is 5.02 Å². The Morgan fingerprint density at radius 1 is 1.71 bits per heavy atom. The van der Waals surface area contributed by atoms with Gasteiger partial charge in [-0.15, -0.1) is 0 Å². The van der Waals surface area contributed by atoms with E-state index in [9.17, 15) is 4.79 Å². The molecule has 0 bridgehead atoms. The van der Waals surface area contributed by atoms with Crippen molar-refractivity contribution in [2.75, 3.05) is 0 Å². The molecule has 1 heterocycles. The lowest BCUT2D eigenvalue weighted by molar-refractivity contribution is 0.0327. The van der Waals surface area contributed by atoms with Gasteiger partial charge in [-0.05, 0) is 25.5 Å². The van der Waals surface area contributed by atoms with E-state index in [2.05, 4.69) is 4.98 Å². The van der Waals surface area contributed by atoms with E-state index >= 15 is 0 Å². The minimum Gasteiger partial charge on any atom is -0.458 e. The zero-order chi connectivity index (χ0) is 10.6. The molecule has 0 radical (unpaired) electrons. The lowest BCUT2D eigenvalue weighted by atomic mass is 10.3. The van der Waals surface area contributed by atoms with Crippen LogP contribution in [0.25, 0.3) is 0 Å². The molecule has 0 aromatic carbocycles. The van der Waals surface area contributed by atoms with E-state index < -0.39 is 5.97 Å². The summed E-state index contributed by atoms with van der Waals surface area (Å²) in [5.74, 6) is -0.429. The Labute approximate surface area is 88.1 Å². The first-order valence-corrected chi connectivity index (χ1v) is 4.83. The summed E-state index contributed by atoms with van der Waals surface area (Å²) in [6.07, 6.45) is 2.17. The maximum Gasteiger partial charge on any atom is 0.357 e. The second-order valence-corrected chi connectivity index (χ2v) is 3.42. The normalized spacial score (nSPS) is 12.2. The minimum absolute atomic E-state index is 0.0942. The second-order valence-electron chi connectivity index (χ2n) is 2.98. The van der Waals surface area contributed by atoms with Crippen molar-refractivity contribution in [1.29, 1.82) is 0 Å². The van der Waals surface area contributed by atoms with Crippen molar-refractivity contribution in [1.82, 2.24) is 4.98 Å². The Hall–Kier alpha value is -1.09. The van der Waals surface area contributed by atoms with Crippen LogP contribution in [0.1, 0.15) is 30.8 Å². The average Bonchev–Trinajstić information content (AvgIpc) is 2.17. The summed E-state index contributed by atoms with van der Waals surface area (Å²) in [6, 6.07) is 3.11. The molecular weight excluding hydrogens is 202 g/mol. The first-order chi connectivity index (χ1) is 6.63. The molecule has 4 heteroatoms. The van der Waals surface area contributed by atoms with E-state index in [4.69, 9.17) is 16.3 Å². The number of hydrogen-bond donors (Lipinski definition) is 0. The lowest BCUT2D eigenvalue weighted by Gasteiger charge is -2.09. The summed E-state index contributed by atoms with van der Waals surface area (Å²) >= 11 is 5.71. The number of hydrogen-bond acceptors (Lipinski definition) is 3. The number of esters is 1. The van der Waals surface area contributed by atoms with Gasteiger partial charge in [-0.2, -0.15) is 0 Å². The third kappa shape index (κ3) is 3.00. The largest absolute Gasteiger partial charge is 0.458 e. The first-order valence-electron chi connectivity index (χ1n) is 4.46. The zero-order valence-corrected chi connectivity index (χ0v) is 8.91. The molecule has 0 saturated heterocycles. The number of ether oxygens (including phenoxy) is 1. The van der Waals surface area contributed by atoms with Crippen LogP contribution in [0.3, 0.4) is 0 Å². The maximum atomic E-state index is 11.4. The number of carbonyl (C=O) groups is 1. The third-order valence-electron chi connectivity index (χ3n) is 1.81. The fourth-order valence-electron chi connectivity index (χ4n) is 0.843. The highest BCUT2D eigenvalue weighted by Gasteiger charge is 2.11. The van der Waals surface area contributed by atoms with E-state index in [1.165, 1.54) is 12.3 Å². The molecular formula is C10H12ClNO2. The topological polar surface area (TPSA) is 39.2 Å². The number of carbonyl (C=O) groups excluding carboxylic acids is 1. The molecule has 3 nitrogen and oxygen atoms in total. The molecule has 1 rings (SSSR count). The van der Waals surface area contributed by atoms with Crippen LogP contribution in [0.2, 0.25) is 5.02 Å². The summed E-state index contributed by atoms with van der Waals surface area (Å²) in [7, 11) is 0. The first kappa shape index (κ1) is 11.0. The lowest BCUT2D eigenvalue weighted by Crippen LogP contribution is -2.14. The van der Waals surface area contributed by atoms with E-state index in [1.54, 1.807) is 6.07 Å². The highest BCUT2D eigenvalue weighted by Crippen LogP contribution is 2.10. The number of aromatic nitrogens is 1. The van der Waals surface area contributed by atoms with Gasteiger partial charge < -0.3 is 4.74 Å². The van der Waals surface area contributed by atoms with E-state index in [-0.39, 0.29) is 11.8 Å². The van der Waals surface area contributed by atoms with Crippen molar-refractivity contribution >= 4 is 17.6 Å². The molecule has 0 aliphatic rings. The van der Waals surface area contributed by atoms with Gasteiger partial charge in [0.2, 0.25) is 0 Å². The van der Waals surface area contributed by atoms with Crippen LogP contribution in [0, 0.1) is 0 Å². The smallest absolute Gasteiger partial charge is 0.357 e. The van der Waals surface area contributed by atoms with Gasteiger partial charge in [0.15, 0.2) is 0 Å². The quantitative estimate of drug-likeness (QED) is 0.725. The number of halogens is 1. The predicted octanol–water partition coefficient (Wildman–Crippen LogP) is 2.69. The monoisotopic (exact) mass is 213 g/mol. The number of pyridine rings is 1. The highest BCUT2D eigenvalue weighted by atomic mass is 35.5. The molecule has 0 aliphatic carbocycles.